The molecule has 104 valence electrons. The van der Waals surface area contributed by atoms with E-state index in [4.69, 9.17) is 4.74 Å². The van der Waals surface area contributed by atoms with Gasteiger partial charge in [-0.05, 0) is 17.7 Å². The summed E-state index contributed by atoms with van der Waals surface area (Å²) < 4.78 is 3.34. The van der Waals surface area contributed by atoms with Crippen molar-refractivity contribution in [3.63, 3.8) is 0 Å². The molecule has 1 rings (SSSR count). The van der Waals surface area contributed by atoms with Crippen LogP contribution in [0.2, 0.25) is 0 Å². The Morgan fingerprint density at radius 2 is 1.95 bits per heavy atom. The van der Waals surface area contributed by atoms with Gasteiger partial charge in [0, 0.05) is 38.8 Å². The summed E-state index contributed by atoms with van der Waals surface area (Å²) in [7, 11) is 1.52. The van der Waals surface area contributed by atoms with Gasteiger partial charge in [-0.2, -0.15) is 0 Å². The molecule has 0 radical (unpaired) electrons. The van der Waals surface area contributed by atoms with Crippen molar-refractivity contribution >= 4 is 37.8 Å². The molecular weight excluding hydrogens is 384 g/mol. The molecule has 0 aliphatic rings. The van der Waals surface area contributed by atoms with Gasteiger partial charge in [0.2, 0.25) is 5.91 Å². The highest BCUT2D eigenvalue weighted by atomic mass is 79.9. The summed E-state index contributed by atoms with van der Waals surface area (Å²) in [4.78, 5) is 21.7. The Hall–Kier alpha value is -1.15. The quantitative estimate of drug-likeness (QED) is 0.359. The van der Waals surface area contributed by atoms with Crippen LogP contribution in [0.3, 0.4) is 0 Å². The van der Waals surface area contributed by atoms with Crippen molar-refractivity contribution in [3.05, 3.63) is 39.9 Å². The molecule has 8 heteroatoms. The second-order valence-corrected chi connectivity index (χ2v) is 7.23. The third kappa shape index (κ3) is 3.90. The van der Waals surface area contributed by atoms with Crippen LogP contribution in [0.25, 0.3) is 0 Å². The van der Waals surface area contributed by atoms with E-state index in [1.165, 1.54) is 14.0 Å². The number of alkyl halides is 2. The van der Waals surface area contributed by atoms with Crippen molar-refractivity contribution in [2.75, 3.05) is 7.11 Å². The van der Waals surface area contributed by atoms with Gasteiger partial charge in [0.15, 0.2) is 0 Å². The molecule has 0 spiro atoms. The van der Waals surface area contributed by atoms with Crippen LogP contribution >= 0.6 is 31.9 Å². The predicted molar refractivity (Wildman–Crippen MR) is 77.1 cm³/mol. The van der Waals surface area contributed by atoms with Crippen LogP contribution in [0.1, 0.15) is 18.5 Å². The van der Waals surface area contributed by atoms with E-state index in [1.54, 1.807) is 24.3 Å². The van der Waals surface area contributed by atoms with Gasteiger partial charge in [-0.25, -0.2) is 0 Å². The van der Waals surface area contributed by atoms with E-state index < -0.39 is 14.3 Å². The first-order valence-electron chi connectivity index (χ1n) is 5.22. The molecule has 1 amide bonds. The van der Waals surface area contributed by atoms with Gasteiger partial charge in [-0.3, -0.25) is 14.9 Å². The molecule has 1 atom stereocenters. The maximum absolute atomic E-state index is 11.2. The minimum absolute atomic E-state index is 0.369. The lowest BCUT2D eigenvalue weighted by molar-refractivity contribution is -0.509. The van der Waals surface area contributed by atoms with Crippen LogP contribution in [0.5, 0.6) is 5.75 Å². The summed E-state index contributed by atoms with van der Waals surface area (Å²) in [5, 5.41) is 13.6. The van der Waals surface area contributed by atoms with Gasteiger partial charge < -0.3 is 10.1 Å². The number of nitro groups is 1. The molecule has 6 nitrogen and oxygen atoms in total. The fraction of sp³-hybridized carbons (Fsp3) is 0.364. The Morgan fingerprint density at radius 3 is 2.32 bits per heavy atom. The molecule has 19 heavy (non-hydrogen) atoms. The smallest absolute Gasteiger partial charge is 0.350 e. The number of carbonyl (C=O) groups is 1. The monoisotopic (exact) mass is 394 g/mol. The van der Waals surface area contributed by atoms with Crippen LogP contribution in [0, 0.1) is 10.1 Å². The molecule has 1 aromatic carbocycles. The molecule has 0 aliphatic carbocycles. The fourth-order valence-corrected chi connectivity index (χ4v) is 2.23. The van der Waals surface area contributed by atoms with Gasteiger partial charge in [0.1, 0.15) is 11.8 Å². The Balaban J connectivity index is 3.15. The normalized spacial score (nSPS) is 12.6. The lowest BCUT2D eigenvalue weighted by atomic mass is 10.1. The topological polar surface area (TPSA) is 81.5 Å². The zero-order valence-electron chi connectivity index (χ0n) is 10.2. The molecule has 0 saturated heterocycles. The number of rotatable bonds is 5. The van der Waals surface area contributed by atoms with Gasteiger partial charge in [-0.1, -0.05) is 12.1 Å². The zero-order chi connectivity index (χ0) is 14.6. The second-order valence-electron chi connectivity index (χ2n) is 3.75. The van der Waals surface area contributed by atoms with Crippen molar-refractivity contribution in [2.24, 2.45) is 0 Å². The highest BCUT2D eigenvalue weighted by Crippen LogP contribution is 2.40. The van der Waals surface area contributed by atoms with Crippen molar-refractivity contribution in [3.8, 4) is 5.75 Å². The first-order chi connectivity index (χ1) is 8.78. The summed E-state index contributed by atoms with van der Waals surface area (Å²) in [5.74, 6) is 0.257. The Kier molecular flexibility index (Phi) is 5.30. The van der Waals surface area contributed by atoms with E-state index in [0.717, 1.165) is 0 Å². The highest BCUT2D eigenvalue weighted by Gasteiger charge is 2.47. The van der Waals surface area contributed by atoms with Crippen LogP contribution in [-0.4, -0.2) is 21.3 Å². The molecule has 0 aliphatic heterocycles. The molecule has 1 aromatic rings. The average Bonchev–Trinajstić information content (AvgIpc) is 2.35. The van der Waals surface area contributed by atoms with Gasteiger partial charge in [-0.15, -0.1) is 0 Å². The summed E-state index contributed by atoms with van der Waals surface area (Å²) in [6, 6.07) is 5.77. The Morgan fingerprint density at radius 1 is 1.42 bits per heavy atom. The summed E-state index contributed by atoms with van der Waals surface area (Å²) in [6.07, 6.45) is 0. The van der Waals surface area contributed by atoms with Crippen molar-refractivity contribution < 1.29 is 14.5 Å². The number of halogens is 2. The van der Waals surface area contributed by atoms with E-state index >= 15 is 0 Å². The van der Waals surface area contributed by atoms with E-state index in [0.29, 0.717) is 11.3 Å². The molecule has 1 N–H and O–H groups in total. The molecule has 0 aromatic heterocycles. The minimum atomic E-state index is -1.68. The first kappa shape index (κ1) is 15.9. The van der Waals surface area contributed by atoms with Gasteiger partial charge in [0.25, 0.3) is 0 Å². The molecule has 0 fully saturated rings. The molecule has 0 bridgehead atoms. The lowest BCUT2D eigenvalue weighted by Crippen LogP contribution is -2.42. The zero-order valence-corrected chi connectivity index (χ0v) is 13.4. The first-order valence-corrected chi connectivity index (χ1v) is 6.81. The predicted octanol–water partition coefficient (Wildman–Crippen LogP) is 2.59. The van der Waals surface area contributed by atoms with Crippen molar-refractivity contribution in [1.82, 2.24) is 5.32 Å². The number of amides is 1. The number of carbonyl (C=O) groups excluding carboxylic acids is 1. The Bertz CT molecular complexity index is 476. The van der Waals surface area contributed by atoms with Crippen molar-refractivity contribution in [2.45, 2.75) is 16.3 Å². The number of methoxy groups -OCH3 is 1. The van der Waals surface area contributed by atoms with Crippen LogP contribution in [0.15, 0.2) is 24.3 Å². The number of ether oxygens (including phenoxy) is 1. The molecule has 0 heterocycles. The highest BCUT2D eigenvalue weighted by molar-refractivity contribution is 9.25. The van der Waals surface area contributed by atoms with E-state index in [2.05, 4.69) is 37.2 Å². The molecular formula is C11H12Br2N2O4. The number of nitrogens with zero attached hydrogens (tertiary/aromatic N) is 1. The van der Waals surface area contributed by atoms with E-state index in [-0.39, 0.29) is 5.91 Å². The lowest BCUT2D eigenvalue weighted by Gasteiger charge is -2.24. The van der Waals surface area contributed by atoms with Gasteiger partial charge in [0.05, 0.1) is 12.0 Å². The van der Waals surface area contributed by atoms with Crippen LogP contribution < -0.4 is 10.1 Å². The maximum atomic E-state index is 11.2. The number of hydrogen-bond acceptors (Lipinski definition) is 4. The SMILES string of the molecule is COc1ccc(C(NC(C)=O)C(Br)(Br)[N+](=O)[O-])cc1. The summed E-state index contributed by atoms with van der Waals surface area (Å²) >= 11 is 5.97. The molecule has 1 unspecified atom stereocenters. The van der Waals surface area contributed by atoms with Gasteiger partial charge >= 0.3 is 3.36 Å². The number of hydrogen-bond donors (Lipinski definition) is 1. The average molecular weight is 396 g/mol. The van der Waals surface area contributed by atoms with Crippen molar-refractivity contribution in [1.29, 1.82) is 0 Å². The minimum Gasteiger partial charge on any atom is -0.497 e. The third-order valence-electron chi connectivity index (χ3n) is 2.39. The molecule has 0 saturated carbocycles. The van der Waals surface area contributed by atoms with Crippen LogP contribution in [0.4, 0.5) is 0 Å². The number of nitrogens with one attached hydrogen (secondary N) is 1. The summed E-state index contributed by atoms with van der Waals surface area (Å²) in [6.45, 7) is 1.30. The fourth-order valence-electron chi connectivity index (χ4n) is 1.48. The van der Waals surface area contributed by atoms with E-state index in [1.807, 2.05) is 0 Å². The maximum Gasteiger partial charge on any atom is 0.350 e. The standard InChI is InChI=1S/C11H12Br2N2O4/c1-7(16)14-10(11(12,13)15(17)18)8-3-5-9(19-2)6-4-8/h3-6,10H,1-2H3,(H,14,16). The second kappa shape index (κ2) is 6.33. The van der Waals surface area contributed by atoms with E-state index in [9.17, 15) is 14.9 Å². The van der Waals surface area contributed by atoms with Crippen LogP contribution in [-0.2, 0) is 4.79 Å². The number of benzene rings is 1. The summed E-state index contributed by atoms with van der Waals surface area (Å²) in [5.41, 5.74) is 0.571. The third-order valence-corrected chi connectivity index (χ3v) is 3.88. The largest absolute Gasteiger partial charge is 0.497 e. The Labute approximate surface area is 126 Å².